The smallest absolute Gasteiger partial charge is 0.161 e. The van der Waals surface area contributed by atoms with Gasteiger partial charge in [0, 0.05) is 19.6 Å². The average Bonchev–Trinajstić information content (AvgIpc) is 3.03. The van der Waals surface area contributed by atoms with Gasteiger partial charge in [0.2, 0.25) is 0 Å². The number of benzene rings is 1. The number of nitrogens with zero attached hydrogens (tertiary/aromatic N) is 1. The van der Waals surface area contributed by atoms with Gasteiger partial charge in [-0.15, -0.1) is 0 Å². The summed E-state index contributed by atoms with van der Waals surface area (Å²) < 4.78 is 16.7. The van der Waals surface area contributed by atoms with Crippen LogP contribution in [0.1, 0.15) is 37.3 Å². The topological polar surface area (TPSA) is 51.2 Å². The molecule has 1 aromatic carbocycles. The third kappa shape index (κ3) is 4.46. The Hall–Kier alpha value is -1.30. The average molecular weight is 349 g/mol. The van der Waals surface area contributed by atoms with Crippen LogP contribution in [0.4, 0.5) is 0 Å². The first-order chi connectivity index (χ1) is 12.1. The molecule has 1 N–H and O–H groups in total. The summed E-state index contributed by atoms with van der Waals surface area (Å²) in [6.07, 6.45) is 4.48. The van der Waals surface area contributed by atoms with Crippen LogP contribution in [-0.2, 0) is 17.7 Å². The van der Waals surface area contributed by atoms with Crippen LogP contribution in [0.2, 0.25) is 0 Å². The largest absolute Gasteiger partial charge is 0.493 e. The van der Waals surface area contributed by atoms with Crippen LogP contribution in [0, 0.1) is 5.92 Å². The van der Waals surface area contributed by atoms with Crippen molar-refractivity contribution in [3.63, 3.8) is 0 Å². The Labute approximate surface area is 150 Å². The second-order valence-electron chi connectivity index (χ2n) is 7.39. The molecule has 0 aromatic heterocycles. The normalized spacial score (nSPS) is 24.8. The van der Waals surface area contributed by atoms with Crippen molar-refractivity contribution in [2.75, 3.05) is 33.9 Å². The zero-order valence-electron chi connectivity index (χ0n) is 15.7. The van der Waals surface area contributed by atoms with Gasteiger partial charge in [0.15, 0.2) is 11.5 Å². The third-order valence-electron chi connectivity index (χ3n) is 5.55. The molecule has 0 bridgehead atoms. The van der Waals surface area contributed by atoms with Gasteiger partial charge in [-0.2, -0.15) is 0 Å². The van der Waals surface area contributed by atoms with Gasteiger partial charge in [0.25, 0.3) is 0 Å². The van der Waals surface area contributed by atoms with Gasteiger partial charge in [-0.05, 0) is 48.4 Å². The van der Waals surface area contributed by atoms with Gasteiger partial charge in [0.1, 0.15) is 0 Å². The molecule has 1 saturated carbocycles. The Kier molecular flexibility index (Phi) is 6.20. The summed E-state index contributed by atoms with van der Waals surface area (Å²) in [6, 6.07) is 4.13. The number of fused-ring (bicyclic) bond motifs is 1. The number of aliphatic hydroxyl groups excluding tert-OH is 1. The molecule has 2 aliphatic rings. The molecule has 5 heteroatoms. The molecular weight excluding hydrogens is 318 g/mol. The second-order valence-corrected chi connectivity index (χ2v) is 7.39. The highest BCUT2D eigenvalue weighted by molar-refractivity contribution is 5.48. The van der Waals surface area contributed by atoms with Crippen LogP contribution < -0.4 is 9.47 Å². The molecule has 0 amide bonds. The molecule has 1 aliphatic heterocycles. The van der Waals surface area contributed by atoms with Gasteiger partial charge >= 0.3 is 0 Å². The molecule has 0 spiro atoms. The number of aliphatic hydroxyl groups is 1. The van der Waals surface area contributed by atoms with Crippen molar-refractivity contribution >= 4 is 0 Å². The molecule has 140 valence electrons. The van der Waals surface area contributed by atoms with Gasteiger partial charge in [-0.25, -0.2) is 0 Å². The monoisotopic (exact) mass is 349 g/mol. The van der Waals surface area contributed by atoms with E-state index in [4.69, 9.17) is 14.2 Å². The van der Waals surface area contributed by atoms with E-state index in [1.54, 1.807) is 14.2 Å². The minimum absolute atomic E-state index is 0.327. The first-order valence-electron chi connectivity index (χ1n) is 9.36. The van der Waals surface area contributed by atoms with Crippen LogP contribution in [-0.4, -0.2) is 56.1 Å². The zero-order chi connectivity index (χ0) is 17.8. The Morgan fingerprint density at radius 1 is 1.16 bits per heavy atom. The third-order valence-corrected chi connectivity index (χ3v) is 5.55. The number of β-amino-alcohol motifs (C(OH)–C–C–N with tert-alkyl or cyclic N) is 1. The van der Waals surface area contributed by atoms with Crippen LogP contribution in [0.3, 0.4) is 0 Å². The standard InChI is InChI=1S/C20H31NO4/c1-14-5-4-6-18(14)25-13-17(22)12-21-8-7-15-9-19(23-2)20(24-3)10-16(15)11-21/h9-10,14,17-18,22H,4-8,11-13H2,1-3H3/t14-,17+,18-/m0/s1. The zero-order valence-corrected chi connectivity index (χ0v) is 15.7. The van der Waals surface area contributed by atoms with Crippen molar-refractivity contribution in [3.8, 4) is 11.5 Å². The maximum Gasteiger partial charge on any atom is 0.161 e. The maximum absolute atomic E-state index is 10.4. The van der Waals surface area contributed by atoms with Gasteiger partial charge < -0.3 is 19.3 Å². The summed E-state index contributed by atoms with van der Waals surface area (Å²) in [5.74, 6) is 2.17. The van der Waals surface area contributed by atoms with E-state index in [0.29, 0.717) is 25.2 Å². The summed E-state index contributed by atoms with van der Waals surface area (Å²) in [7, 11) is 3.33. The van der Waals surface area contributed by atoms with Crippen LogP contribution in [0.15, 0.2) is 12.1 Å². The Bertz CT molecular complexity index is 577. The summed E-state index contributed by atoms with van der Waals surface area (Å²) in [5, 5.41) is 10.4. The lowest BCUT2D eigenvalue weighted by atomic mass is 9.98. The Morgan fingerprint density at radius 2 is 1.88 bits per heavy atom. The lowest BCUT2D eigenvalue weighted by Gasteiger charge is -2.31. The van der Waals surface area contributed by atoms with Crippen molar-refractivity contribution in [2.24, 2.45) is 5.92 Å². The van der Waals surface area contributed by atoms with Gasteiger partial charge in [0.05, 0.1) is 33.0 Å². The van der Waals surface area contributed by atoms with Crippen molar-refractivity contribution in [1.82, 2.24) is 4.90 Å². The van der Waals surface area contributed by atoms with E-state index < -0.39 is 6.10 Å². The molecule has 3 rings (SSSR count). The van der Waals surface area contributed by atoms with Crippen molar-refractivity contribution in [1.29, 1.82) is 0 Å². The number of methoxy groups -OCH3 is 2. The van der Waals surface area contributed by atoms with E-state index in [2.05, 4.69) is 24.0 Å². The fourth-order valence-corrected chi connectivity index (χ4v) is 4.04. The highest BCUT2D eigenvalue weighted by atomic mass is 16.5. The molecule has 25 heavy (non-hydrogen) atoms. The predicted molar refractivity (Wildman–Crippen MR) is 97.3 cm³/mol. The summed E-state index contributed by atoms with van der Waals surface area (Å²) in [5.41, 5.74) is 2.56. The highest BCUT2D eigenvalue weighted by Crippen LogP contribution is 2.33. The quantitative estimate of drug-likeness (QED) is 0.820. The van der Waals surface area contributed by atoms with Crippen molar-refractivity contribution in [3.05, 3.63) is 23.3 Å². The van der Waals surface area contributed by atoms with Gasteiger partial charge in [-0.3, -0.25) is 4.90 Å². The molecule has 0 unspecified atom stereocenters. The Morgan fingerprint density at radius 3 is 2.52 bits per heavy atom. The van der Waals surface area contributed by atoms with E-state index in [9.17, 15) is 5.11 Å². The Balaban J connectivity index is 1.53. The first-order valence-corrected chi connectivity index (χ1v) is 9.36. The van der Waals surface area contributed by atoms with E-state index >= 15 is 0 Å². The molecule has 5 nitrogen and oxygen atoms in total. The fraction of sp³-hybridized carbons (Fsp3) is 0.700. The predicted octanol–water partition coefficient (Wildman–Crippen LogP) is 2.63. The lowest BCUT2D eigenvalue weighted by molar-refractivity contribution is -0.0329. The van der Waals surface area contributed by atoms with Crippen molar-refractivity contribution in [2.45, 2.75) is 51.4 Å². The minimum Gasteiger partial charge on any atom is -0.493 e. The van der Waals surface area contributed by atoms with Crippen LogP contribution >= 0.6 is 0 Å². The summed E-state index contributed by atoms with van der Waals surface area (Å²) >= 11 is 0. The van der Waals surface area contributed by atoms with E-state index in [1.165, 1.54) is 24.0 Å². The number of rotatable bonds is 7. The van der Waals surface area contributed by atoms with E-state index in [-0.39, 0.29) is 0 Å². The maximum atomic E-state index is 10.4. The SMILES string of the molecule is COc1cc2c(cc1OC)CN(C[C@@H](O)CO[C@H]1CCC[C@@H]1C)CC2. The number of hydrogen-bond acceptors (Lipinski definition) is 5. The molecule has 1 heterocycles. The molecule has 1 fully saturated rings. The summed E-state index contributed by atoms with van der Waals surface area (Å²) in [4.78, 5) is 2.29. The van der Waals surface area contributed by atoms with E-state index in [0.717, 1.165) is 37.4 Å². The molecule has 1 aliphatic carbocycles. The van der Waals surface area contributed by atoms with Crippen LogP contribution in [0.5, 0.6) is 11.5 Å². The van der Waals surface area contributed by atoms with Gasteiger partial charge in [-0.1, -0.05) is 13.3 Å². The first kappa shape index (κ1) is 18.5. The van der Waals surface area contributed by atoms with Crippen LogP contribution in [0.25, 0.3) is 0 Å². The number of hydrogen-bond donors (Lipinski definition) is 1. The molecular formula is C20H31NO4. The second kappa shape index (κ2) is 8.39. The number of ether oxygens (including phenoxy) is 3. The minimum atomic E-state index is -0.436. The fourth-order valence-electron chi connectivity index (χ4n) is 4.04. The molecule has 0 radical (unpaired) electrons. The highest BCUT2D eigenvalue weighted by Gasteiger charge is 2.26. The van der Waals surface area contributed by atoms with Crippen molar-refractivity contribution < 1.29 is 19.3 Å². The molecule has 1 aromatic rings. The molecule has 0 saturated heterocycles. The molecule has 3 atom stereocenters. The van der Waals surface area contributed by atoms with E-state index in [1.807, 2.05) is 0 Å². The lowest BCUT2D eigenvalue weighted by Crippen LogP contribution is -2.39. The summed E-state index contributed by atoms with van der Waals surface area (Å²) in [6.45, 7) is 5.10.